The van der Waals surface area contributed by atoms with E-state index in [-0.39, 0.29) is 12.2 Å². The Balaban J connectivity index is 3.37. The molecule has 1 N–H and O–H groups in total. The summed E-state index contributed by atoms with van der Waals surface area (Å²) in [6, 6.07) is 0. The maximum atomic E-state index is 11.9. The predicted molar refractivity (Wildman–Crippen MR) is 33.7 cm³/mol. The van der Waals surface area contributed by atoms with Crippen LogP contribution in [0.4, 0.5) is 4.39 Å². The van der Waals surface area contributed by atoms with Gasteiger partial charge in [-0.1, -0.05) is 6.92 Å². The number of nitrogens with one attached hydrogen (secondary N) is 1. The molecular weight excluding hydrogens is 105 g/mol. The zero-order valence-corrected chi connectivity index (χ0v) is 5.79. The standard InChI is InChI=1S/C6H14FN/c1-4-8-6(2,3)5-7/h8H,4-5H2,1-3H3. The van der Waals surface area contributed by atoms with E-state index in [1.54, 1.807) is 0 Å². The summed E-state index contributed by atoms with van der Waals surface area (Å²) in [6.07, 6.45) is 0. The SMILES string of the molecule is CCNC(C)(C)CF. The lowest BCUT2D eigenvalue weighted by molar-refractivity contribution is 0.293. The van der Waals surface area contributed by atoms with Gasteiger partial charge in [-0.25, -0.2) is 4.39 Å². The third-order valence-electron chi connectivity index (χ3n) is 0.989. The number of halogens is 1. The highest BCUT2D eigenvalue weighted by molar-refractivity contribution is 4.74. The zero-order valence-electron chi connectivity index (χ0n) is 5.79. The molecule has 0 amide bonds. The molecule has 2 heteroatoms. The van der Waals surface area contributed by atoms with Gasteiger partial charge in [-0.05, 0) is 20.4 Å². The Bertz CT molecular complexity index is 61.5. The molecule has 0 unspecified atom stereocenters. The van der Waals surface area contributed by atoms with Crippen LogP contribution in [0.25, 0.3) is 0 Å². The minimum absolute atomic E-state index is 0.305. The van der Waals surface area contributed by atoms with Crippen molar-refractivity contribution in [1.82, 2.24) is 5.32 Å². The van der Waals surface area contributed by atoms with E-state index in [4.69, 9.17) is 0 Å². The second-order valence-corrected chi connectivity index (χ2v) is 2.55. The Hall–Kier alpha value is -0.110. The van der Waals surface area contributed by atoms with Crippen LogP contribution in [0.15, 0.2) is 0 Å². The van der Waals surface area contributed by atoms with E-state index in [0.29, 0.717) is 0 Å². The Morgan fingerprint density at radius 3 is 2.12 bits per heavy atom. The van der Waals surface area contributed by atoms with Crippen LogP contribution in [0.2, 0.25) is 0 Å². The van der Waals surface area contributed by atoms with Gasteiger partial charge in [0.05, 0.1) is 0 Å². The van der Waals surface area contributed by atoms with E-state index in [1.807, 2.05) is 20.8 Å². The summed E-state index contributed by atoms with van der Waals surface area (Å²) >= 11 is 0. The molecule has 0 aromatic carbocycles. The molecular formula is C6H14FN. The van der Waals surface area contributed by atoms with Crippen molar-refractivity contribution in [2.24, 2.45) is 0 Å². The van der Waals surface area contributed by atoms with Gasteiger partial charge in [0.2, 0.25) is 0 Å². The molecule has 50 valence electrons. The first-order chi connectivity index (χ1) is 3.62. The van der Waals surface area contributed by atoms with E-state index in [1.165, 1.54) is 0 Å². The molecule has 0 aromatic heterocycles. The van der Waals surface area contributed by atoms with Gasteiger partial charge in [-0.3, -0.25) is 0 Å². The van der Waals surface area contributed by atoms with Crippen LogP contribution in [0.5, 0.6) is 0 Å². The average Bonchev–Trinajstić information content (AvgIpc) is 1.67. The summed E-state index contributed by atoms with van der Waals surface area (Å²) in [5.74, 6) is 0. The molecule has 0 aliphatic rings. The van der Waals surface area contributed by atoms with Gasteiger partial charge in [0, 0.05) is 5.54 Å². The number of hydrogen-bond donors (Lipinski definition) is 1. The Morgan fingerprint density at radius 2 is 2.00 bits per heavy atom. The first-order valence-electron chi connectivity index (χ1n) is 2.93. The largest absolute Gasteiger partial charge is 0.310 e. The number of alkyl halides is 1. The summed E-state index contributed by atoms with van der Waals surface area (Å²) in [5, 5.41) is 3.00. The number of hydrogen-bond acceptors (Lipinski definition) is 1. The van der Waals surface area contributed by atoms with Crippen LogP contribution in [-0.4, -0.2) is 18.8 Å². The van der Waals surface area contributed by atoms with E-state index < -0.39 is 0 Å². The lowest BCUT2D eigenvalue weighted by atomic mass is 10.1. The molecule has 0 aromatic rings. The van der Waals surface area contributed by atoms with Gasteiger partial charge in [-0.15, -0.1) is 0 Å². The van der Waals surface area contributed by atoms with Gasteiger partial charge in [0.1, 0.15) is 6.67 Å². The highest BCUT2D eigenvalue weighted by atomic mass is 19.1. The maximum absolute atomic E-state index is 11.9. The van der Waals surface area contributed by atoms with Crippen LogP contribution in [-0.2, 0) is 0 Å². The summed E-state index contributed by atoms with van der Waals surface area (Å²) in [4.78, 5) is 0. The fourth-order valence-electron chi connectivity index (χ4n) is 0.526. The van der Waals surface area contributed by atoms with Crippen molar-refractivity contribution < 1.29 is 4.39 Å². The molecule has 0 rings (SSSR count). The third kappa shape index (κ3) is 2.97. The summed E-state index contributed by atoms with van der Waals surface area (Å²) < 4.78 is 11.9. The predicted octanol–water partition coefficient (Wildman–Crippen LogP) is 1.34. The summed E-state index contributed by atoms with van der Waals surface area (Å²) in [6.45, 7) is 6.18. The van der Waals surface area contributed by atoms with Crippen molar-refractivity contribution in [3.05, 3.63) is 0 Å². The van der Waals surface area contributed by atoms with E-state index in [9.17, 15) is 4.39 Å². The van der Waals surface area contributed by atoms with Crippen LogP contribution in [0.1, 0.15) is 20.8 Å². The minimum Gasteiger partial charge on any atom is -0.310 e. The van der Waals surface area contributed by atoms with Gasteiger partial charge in [0.25, 0.3) is 0 Å². The van der Waals surface area contributed by atoms with Crippen molar-refractivity contribution in [2.75, 3.05) is 13.2 Å². The second-order valence-electron chi connectivity index (χ2n) is 2.55. The number of rotatable bonds is 3. The minimum atomic E-state index is -0.325. The van der Waals surface area contributed by atoms with E-state index in [2.05, 4.69) is 5.32 Å². The van der Waals surface area contributed by atoms with Crippen molar-refractivity contribution >= 4 is 0 Å². The zero-order chi connectivity index (χ0) is 6.62. The molecule has 0 saturated heterocycles. The van der Waals surface area contributed by atoms with Crippen LogP contribution in [0, 0.1) is 0 Å². The van der Waals surface area contributed by atoms with Gasteiger partial charge >= 0.3 is 0 Å². The maximum Gasteiger partial charge on any atom is 0.107 e. The summed E-state index contributed by atoms with van der Waals surface area (Å²) in [5.41, 5.74) is -0.325. The lowest BCUT2D eigenvalue weighted by Crippen LogP contribution is -2.40. The molecule has 0 saturated carbocycles. The van der Waals surface area contributed by atoms with Crippen molar-refractivity contribution in [3.8, 4) is 0 Å². The fourth-order valence-corrected chi connectivity index (χ4v) is 0.526. The molecule has 0 atom stereocenters. The van der Waals surface area contributed by atoms with Crippen LogP contribution in [0.3, 0.4) is 0 Å². The van der Waals surface area contributed by atoms with Crippen molar-refractivity contribution in [2.45, 2.75) is 26.3 Å². The molecule has 1 nitrogen and oxygen atoms in total. The second kappa shape index (κ2) is 3.02. The highest BCUT2D eigenvalue weighted by Gasteiger charge is 2.13. The van der Waals surface area contributed by atoms with Gasteiger partial charge < -0.3 is 5.32 Å². The molecule has 8 heavy (non-hydrogen) atoms. The first kappa shape index (κ1) is 7.89. The molecule has 0 aliphatic heterocycles. The lowest BCUT2D eigenvalue weighted by Gasteiger charge is -2.20. The Morgan fingerprint density at radius 1 is 1.50 bits per heavy atom. The third-order valence-corrected chi connectivity index (χ3v) is 0.989. The summed E-state index contributed by atoms with van der Waals surface area (Å²) in [7, 11) is 0. The smallest absolute Gasteiger partial charge is 0.107 e. The monoisotopic (exact) mass is 119 g/mol. The molecule has 0 heterocycles. The first-order valence-corrected chi connectivity index (χ1v) is 2.93. The topological polar surface area (TPSA) is 12.0 Å². The normalized spacial score (nSPS) is 12.0. The average molecular weight is 119 g/mol. The highest BCUT2D eigenvalue weighted by Crippen LogP contribution is 2.00. The quantitative estimate of drug-likeness (QED) is 0.591. The van der Waals surface area contributed by atoms with Gasteiger partial charge in [0.15, 0.2) is 0 Å². The molecule has 0 spiro atoms. The van der Waals surface area contributed by atoms with Crippen LogP contribution >= 0.6 is 0 Å². The molecule has 0 radical (unpaired) electrons. The van der Waals surface area contributed by atoms with E-state index >= 15 is 0 Å². The van der Waals surface area contributed by atoms with Crippen molar-refractivity contribution in [3.63, 3.8) is 0 Å². The van der Waals surface area contributed by atoms with Crippen LogP contribution < -0.4 is 5.32 Å². The van der Waals surface area contributed by atoms with Crippen molar-refractivity contribution in [1.29, 1.82) is 0 Å². The molecule has 0 aliphatic carbocycles. The Labute approximate surface area is 50.3 Å². The van der Waals surface area contributed by atoms with E-state index in [0.717, 1.165) is 6.54 Å². The van der Waals surface area contributed by atoms with Gasteiger partial charge in [-0.2, -0.15) is 0 Å². The molecule has 0 fully saturated rings. The fraction of sp³-hybridized carbons (Fsp3) is 1.00. The Kier molecular flexibility index (Phi) is 2.98. The molecule has 0 bridgehead atoms.